The summed E-state index contributed by atoms with van der Waals surface area (Å²) in [6.07, 6.45) is 75.5. The third kappa shape index (κ3) is 11.5. The molecule has 0 saturated heterocycles. The summed E-state index contributed by atoms with van der Waals surface area (Å²) >= 11 is 0. The van der Waals surface area contributed by atoms with Gasteiger partial charge < -0.3 is 0 Å². The van der Waals surface area contributed by atoms with Crippen LogP contribution in [0, 0.1) is 117 Å². The van der Waals surface area contributed by atoms with Crippen LogP contribution in [0.25, 0.3) is 0 Å². The zero-order chi connectivity index (χ0) is 54.0. The fourth-order valence-electron chi connectivity index (χ4n) is 28.4. The second-order valence-corrected chi connectivity index (χ2v) is 35.5. The molecule has 16 rings (SSSR count). The van der Waals surface area contributed by atoms with Crippen molar-refractivity contribution in [2.75, 3.05) is 0 Å². The highest BCUT2D eigenvalue weighted by Crippen LogP contribution is 2.74. The Morgan fingerprint density at radius 2 is 0.588 bits per heavy atom. The lowest BCUT2D eigenvalue weighted by molar-refractivity contribution is -0.226. The molecule has 0 radical (unpaired) electrons. The number of hydrogen-bond donors (Lipinski definition) is 0. The van der Waals surface area contributed by atoms with Gasteiger partial charge in [0.1, 0.15) is 0 Å². The number of nitrogens with zero attached hydrogens (tertiary/aromatic N) is 2. The summed E-state index contributed by atoms with van der Waals surface area (Å²) in [5.41, 5.74) is 1.41. The maximum atomic E-state index is 3.64. The molecule has 0 aromatic heterocycles. The van der Waals surface area contributed by atoms with Crippen molar-refractivity contribution in [3.05, 3.63) is 0 Å². The third-order valence-corrected chi connectivity index (χ3v) is 30.8. The molecule has 0 aromatic rings. The van der Waals surface area contributed by atoms with Crippen LogP contribution in [-0.4, -0.2) is 46.1 Å². The Morgan fingerprint density at radius 3 is 0.912 bits per heavy atom. The molecular formula is C78H132N2. The van der Waals surface area contributed by atoms with Gasteiger partial charge in [0.2, 0.25) is 0 Å². The lowest BCUT2D eigenvalue weighted by Gasteiger charge is -2.72. The van der Waals surface area contributed by atoms with Crippen molar-refractivity contribution in [2.45, 2.75) is 372 Å². The van der Waals surface area contributed by atoms with Gasteiger partial charge in [-0.25, -0.2) is 0 Å². The maximum absolute atomic E-state index is 3.64. The summed E-state index contributed by atoms with van der Waals surface area (Å²) in [4.78, 5) is 7.28. The zero-order valence-electron chi connectivity index (χ0n) is 53.7. The Hall–Kier alpha value is -0.0800. The van der Waals surface area contributed by atoms with Gasteiger partial charge in [-0.15, -0.1) is 0 Å². The molecule has 10 unspecified atom stereocenters. The lowest BCUT2D eigenvalue weighted by Crippen LogP contribution is -2.69. The minimum atomic E-state index is 0.705. The van der Waals surface area contributed by atoms with Crippen LogP contribution >= 0.6 is 0 Å². The molecule has 16 aliphatic carbocycles. The third-order valence-electron chi connectivity index (χ3n) is 30.8. The van der Waals surface area contributed by atoms with E-state index in [0.717, 1.165) is 143 Å². The van der Waals surface area contributed by atoms with Crippen molar-refractivity contribution < 1.29 is 0 Å². The van der Waals surface area contributed by atoms with Gasteiger partial charge in [-0.1, -0.05) is 118 Å². The van der Waals surface area contributed by atoms with Gasteiger partial charge in [0.15, 0.2) is 0 Å². The molecule has 80 heavy (non-hydrogen) atoms. The van der Waals surface area contributed by atoms with Crippen LogP contribution in [0.2, 0.25) is 0 Å². The molecule has 0 aromatic carbocycles. The van der Waals surface area contributed by atoms with Crippen LogP contribution in [0.4, 0.5) is 0 Å². The average Bonchev–Trinajstić information content (AvgIpc) is 2.38. The molecule has 0 spiro atoms. The molecule has 2 heteroatoms. The van der Waals surface area contributed by atoms with E-state index in [1.165, 1.54) is 103 Å². The van der Waals surface area contributed by atoms with E-state index in [4.69, 9.17) is 0 Å². The molecule has 0 aliphatic heterocycles. The molecule has 454 valence electrons. The van der Waals surface area contributed by atoms with Crippen molar-refractivity contribution in [3.8, 4) is 0 Å². The molecule has 10 atom stereocenters. The van der Waals surface area contributed by atoms with E-state index in [-0.39, 0.29) is 0 Å². The second kappa shape index (κ2) is 25.2. The SMILES string of the molecule is CCCCCCCCC1CCC(N(C2CCC(C)CC2)C2CC(C34CC5CC(CC(C5)C3)C4)C3CCC4C5C(CCC2C35)C(C23CC5CC(CC(C5)C2)C3)CC4N(C2CCC(C)CC2)C2CCC(CCCCCCCC)CC2)CC1. The van der Waals surface area contributed by atoms with E-state index in [1.54, 1.807) is 205 Å². The summed E-state index contributed by atoms with van der Waals surface area (Å²) in [7, 11) is 0. The largest absolute Gasteiger partial charge is 0.294 e. The Kier molecular flexibility index (Phi) is 18.2. The normalized spacial score (nSPS) is 50.3. The molecular weight excluding hydrogens is 965 g/mol. The van der Waals surface area contributed by atoms with Crippen molar-refractivity contribution in [3.63, 3.8) is 0 Å². The van der Waals surface area contributed by atoms with Gasteiger partial charge in [-0.3, -0.25) is 9.80 Å². The topological polar surface area (TPSA) is 6.48 Å². The predicted molar refractivity (Wildman–Crippen MR) is 338 cm³/mol. The maximum Gasteiger partial charge on any atom is 0.0135 e. The van der Waals surface area contributed by atoms with Crippen molar-refractivity contribution in [1.82, 2.24) is 9.80 Å². The molecule has 2 nitrogen and oxygen atoms in total. The van der Waals surface area contributed by atoms with E-state index in [2.05, 4.69) is 37.5 Å². The summed E-state index contributed by atoms with van der Waals surface area (Å²) < 4.78 is 0. The average molecular weight is 1100 g/mol. The number of hydrogen-bond acceptors (Lipinski definition) is 2. The summed E-state index contributed by atoms with van der Waals surface area (Å²) in [5.74, 6) is 18.9. The molecule has 16 saturated carbocycles. The van der Waals surface area contributed by atoms with E-state index in [1.807, 2.05) is 0 Å². The van der Waals surface area contributed by atoms with Crippen molar-refractivity contribution in [2.24, 2.45) is 117 Å². The lowest BCUT2D eigenvalue weighted by atomic mass is 9.35. The van der Waals surface area contributed by atoms with Gasteiger partial charge in [-0.2, -0.15) is 0 Å². The van der Waals surface area contributed by atoms with Crippen LogP contribution in [-0.2, 0) is 0 Å². The first-order valence-electron chi connectivity index (χ1n) is 38.8. The van der Waals surface area contributed by atoms with Crippen molar-refractivity contribution >= 4 is 0 Å². The van der Waals surface area contributed by atoms with Gasteiger partial charge in [-0.05, 0) is 336 Å². The number of rotatable bonds is 22. The fraction of sp³-hybridized carbons (Fsp3) is 1.00. The molecule has 16 fully saturated rings. The minimum absolute atomic E-state index is 0.705. The monoisotopic (exact) mass is 1100 g/mol. The van der Waals surface area contributed by atoms with E-state index < -0.39 is 0 Å². The molecule has 0 amide bonds. The van der Waals surface area contributed by atoms with Gasteiger partial charge >= 0.3 is 0 Å². The quantitative estimate of drug-likeness (QED) is 0.0997. The zero-order valence-corrected chi connectivity index (χ0v) is 53.7. The minimum Gasteiger partial charge on any atom is -0.294 e. The highest BCUT2D eigenvalue weighted by molar-refractivity contribution is 5.19. The highest BCUT2D eigenvalue weighted by atomic mass is 15.2. The first-order valence-corrected chi connectivity index (χ1v) is 38.8. The van der Waals surface area contributed by atoms with E-state index >= 15 is 0 Å². The van der Waals surface area contributed by atoms with Crippen molar-refractivity contribution in [1.29, 1.82) is 0 Å². The van der Waals surface area contributed by atoms with Crippen LogP contribution in [0.15, 0.2) is 0 Å². The first kappa shape index (κ1) is 57.7. The van der Waals surface area contributed by atoms with Crippen LogP contribution in [0.1, 0.15) is 336 Å². The molecule has 0 N–H and O–H groups in total. The Labute approximate surface area is 496 Å². The van der Waals surface area contributed by atoms with Gasteiger partial charge in [0.05, 0.1) is 0 Å². The fourth-order valence-corrected chi connectivity index (χ4v) is 28.4. The summed E-state index contributed by atoms with van der Waals surface area (Å²) in [6, 6.07) is 5.38. The Bertz CT molecular complexity index is 1730. The predicted octanol–water partition coefficient (Wildman–Crippen LogP) is 21.9. The van der Waals surface area contributed by atoms with Crippen LogP contribution < -0.4 is 0 Å². The van der Waals surface area contributed by atoms with E-state index in [0.29, 0.717) is 10.8 Å². The highest BCUT2D eigenvalue weighted by Gasteiger charge is 2.68. The Balaban J connectivity index is 0.817. The van der Waals surface area contributed by atoms with E-state index in [9.17, 15) is 0 Å². The summed E-state index contributed by atoms with van der Waals surface area (Å²) in [5, 5.41) is 0. The standard InChI is InChI=1S/C78H132N2/c1-5-7-9-11-13-15-17-55-23-31-65(32-24-55)79(63-27-19-53(3)20-28-63)73-45-71(77-47-57-39-58(48-77)41-59(40-57)49-77)67-36-38-70-74(80(64-29-21-54(4)22-30-64)66-33-25-56(26-34-66)18-16-14-12-10-8-6-2)46-72(68-35-37-69(73)75(67)76(68)70)78-50-60-42-61(51-78)44-62(43-60)52-78/h53-76H,5-52H2,1-4H3. The molecule has 16 aliphatic rings. The smallest absolute Gasteiger partial charge is 0.0135 e. The van der Waals surface area contributed by atoms with Gasteiger partial charge in [0, 0.05) is 36.3 Å². The van der Waals surface area contributed by atoms with Crippen LogP contribution in [0.5, 0.6) is 0 Å². The molecule has 0 heterocycles. The summed E-state index contributed by atoms with van der Waals surface area (Å²) in [6.45, 7) is 10.1. The molecule has 8 bridgehead atoms. The van der Waals surface area contributed by atoms with Gasteiger partial charge in [0.25, 0.3) is 0 Å². The number of unbranched alkanes of at least 4 members (excludes halogenated alkanes) is 10. The first-order chi connectivity index (χ1) is 39.2. The second-order valence-electron chi connectivity index (χ2n) is 35.5. The van der Waals surface area contributed by atoms with Crippen LogP contribution in [0.3, 0.4) is 0 Å². The Morgan fingerprint density at radius 1 is 0.300 bits per heavy atom.